The van der Waals surface area contributed by atoms with Crippen LogP contribution in [0.15, 0.2) is 24.4 Å². The second-order valence-corrected chi connectivity index (χ2v) is 5.24. The Balaban J connectivity index is 2.76. The van der Waals surface area contributed by atoms with Crippen molar-refractivity contribution in [2.45, 2.75) is 0 Å². The van der Waals surface area contributed by atoms with Crippen LogP contribution in [-0.2, 0) is 0 Å². The first-order valence-corrected chi connectivity index (χ1v) is 6.45. The molecule has 0 aliphatic heterocycles. The fourth-order valence-corrected chi connectivity index (χ4v) is 2.78. The molecule has 0 saturated heterocycles. The van der Waals surface area contributed by atoms with Crippen molar-refractivity contribution in [3.8, 4) is 11.1 Å². The highest BCUT2D eigenvalue weighted by Crippen LogP contribution is 2.38. The largest absolute Gasteiger partial charge is 0.478 e. The number of benzene rings is 1. The maximum atomic E-state index is 11.2. The molecule has 0 bridgehead atoms. The Hall–Kier alpha value is -1.000. The van der Waals surface area contributed by atoms with E-state index in [4.69, 9.17) is 46.4 Å². The molecule has 1 aromatic carbocycles. The van der Waals surface area contributed by atoms with Gasteiger partial charge >= 0.3 is 5.97 Å². The van der Waals surface area contributed by atoms with Gasteiger partial charge in [0.1, 0.15) is 5.15 Å². The molecule has 2 aromatic rings. The second-order valence-electron chi connectivity index (χ2n) is 3.60. The highest BCUT2D eigenvalue weighted by Gasteiger charge is 2.18. The van der Waals surface area contributed by atoms with Crippen molar-refractivity contribution in [1.82, 2.24) is 4.98 Å². The Bertz CT molecular complexity index is 650. The van der Waals surface area contributed by atoms with Crippen LogP contribution in [0.4, 0.5) is 0 Å². The van der Waals surface area contributed by atoms with Crippen LogP contribution in [-0.4, -0.2) is 16.1 Å². The zero-order chi connectivity index (χ0) is 14.2. The molecule has 0 aliphatic carbocycles. The number of hydrogen-bond donors (Lipinski definition) is 1. The molecule has 2 rings (SSSR count). The van der Waals surface area contributed by atoms with Gasteiger partial charge in [0.05, 0.1) is 15.6 Å². The smallest absolute Gasteiger partial charge is 0.336 e. The van der Waals surface area contributed by atoms with E-state index < -0.39 is 5.97 Å². The molecule has 0 unspecified atom stereocenters. The van der Waals surface area contributed by atoms with Gasteiger partial charge in [0.25, 0.3) is 0 Å². The van der Waals surface area contributed by atoms with Crippen molar-refractivity contribution in [2.75, 3.05) is 0 Å². The lowest BCUT2D eigenvalue weighted by atomic mass is 10.0. The molecule has 0 fully saturated rings. The third-order valence-electron chi connectivity index (χ3n) is 2.38. The quantitative estimate of drug-likeness (QED) is 0.780. The molecule has 0 radical (unpaired) electrons. The van der Waals surface area contributed by atoms with Crippen LogP contribution in [0.25, 0.3) is 11.1 Å². The first-order chi connectivity index (χ1) is 8.90. The molecular weight excluding hydrogens is 332 g/mol. The second kappa shape index (κ2) is 5.55. The molecule has 0 aliphatic rings. The lowest BCUT2D eigenvalue weighted by Crippen LogP contribution is -2.01. The van der Waals surface area contributed by atoms with Crippen LogP contribution in [0.3, 0.4) is 0 Å². The van der Waals surface area contributed by atoms with Crippen LogP contribution < -0.4 is 0 Å². The van der Waals surface area contributed by atoms with E-state index in [0.29, 0.717) is 10.6 Å². The number of carbonyl (C=O) groups is 1. The maximum Gasteiger partial charge on any atom is 0.336 e. The zero-order valence-electron chi connectivity index (χ0n) is 9.12. The van der Waals surface area contributed by atoms with E-state index in [1.165, 1.54) is 24.4 Å². The number of carboxylic acid groups (broad SMARTS) is 1. The van der Waals surface area contributed by atoms with Crippen molar-refractivity contribution < 1.29 is 9.90 Å². The summed E-state index contributed by atoms with van der Waals surface area (Å²) >= 11 is 23.6. The monoisotopic (exact) mass is 335 g/mol. The number of pyridine rings is 1. The zero-order valence-corrected chi connectivity index (χ0v) is 12.1. The molecule has 0 amide bonds. The summed E-state index contributed by atoms with van der Waals surface area (Å²) in [4.78, 5) is 15.1. The van der Waals surface area contributed by atoms with E-state index in [-0.39, 0.29) is 26.3 Å². The molecule has 7 heteroatoms. The minimum absolute atomic E-state index is 0.0360. The fraction of sp³-hybridized carbons (Fsp3) is 0. The lowest BCUT2D eigenvalue weighted by molar-refractivity contribution is 0.0697. The number of rotatable bonds is 2. The number of aromatic carboxylic acids is 1. The first kappa shape index (κ1) is 14.4. The van der Waals surface area contributed by atoms with E-state index in [9.17, 15) is 9.90 Å². The SMILES string of the molecule is O=C(O)c1cc(Cl)ncc1-c1c(Cl)cc(Cl)cc1Cl. The van der Waals surface area contributed by atoms with Crippen molar-refractivity contribution in [2.24, 2.45) is 0 Å². The van der Waals surface area contributed by atoms with Crippen LogP contribution >= 0.6 is 46.4 Å². The van der Waals surface area contributed by atoms with Gasteiger partial charge in [-0.3, -0.25) is 0 Å². The Labute approximate surface area is 128 Å². The molecule has 1 N–H and O–H groups in total. The Morgan fingerprint density at radius 1 is 1.05 bits per heavy atom. The minimum Gasteiger partial charge on any atom is -0.478 e. The van der Waals surface area contributed by atoms with E-state index in [1.807, 2.05) is 0 Å². The van der Waals surface area contributed by atoms with Crippen LogP contribution in [0.1, 0.15) is 10.4 Å². The standard InChI is InChI=1S/C12H5Cl4NO2/c13-5-1-8(14)11(9(15)2-5)7-4-17-10(16)3-6(7)12(18)19/h1-4H,(H,18,19). The van der Waals surface area contributed by atoms with Crippen molar-refractivity contribution in [3.05, 3.63) is 50.2 Å². The van der Waals surface area contributed by atoms with E-state index in [0.717, 1.165) is 0 Å². The van der Waals surface area contributed by atoms with Gasteiger partial charge in [-0.15, -0.1) is 0 Å². The van der Waals surface area contributed by atoms with Crippen LogP contribution in [0.5, 0.6) is 0 Å². The van der Waals surface area contributed by atoms with Crippen LogP contribution in [0, 0.1) is 0 Å². The topological polar surface area (TPSA) is 50.2 Å². The van der Waals surface area contributed by atoms with E-state index >= 15 is 0 Å². The molecule has 3 nitrogen and oxygen atoms in total. The maximum absolute atomic E-state index is 11.2. The number of nitrogens with zero attached hydrogens (tertiary/aromatic N) is 1. The molecule has 0 saturated carbocycles. The van der Waals surface area contributed by atoms with E-state index in [1.54, 1.807) is 0 Å². The first-order valence-electron chi connectivity index (χ1n) is 4.94. The van der Waals surface area contributed by atoms with Gasteiger partial charge in [-0.05, 0) is 18.2 Å². The molecule has 0 atom stereocenters. The average Bonchev–Trinajstić information content (AvgIpc) is 2.29. The van der Waals surface area contributed by atoms with Gasteiger partial charge in [0.2, 0.25) is 0 Å². The van der Waals surface area contributed by atoms with Gasteiger partial charge in [-0.2, -0.15) is 0 Å². The average molecular weight is 337 g/mol. The van der Waals surface area contributed by atoms with Gasteiger partial charge < -0.3 is 5.11 Å². The van der Waals surface area contributed by atoms with E-state index in [2.05, 4.69) is 4.98 Å². The number of hydrogen-bond acceptors (Lipinski definition) is 2. The summed E-state index contributed by atoms with van der Waals surface area (Å²) in [5, 5.41) is 10.1. The Morgan fingerprint density at radius 3 is 2.16 bits per heavy atom. The Morgan fingerprint density at radius 2 is 1.63 bits per heavy atom. The summed E-state index contributed by atoms with van der Waals surface area (Å²) in [5.74, 6) is -1.15. The van der Waals surface area contributed by atoms with Gasteiger partial charge in [-0.1, -0.05) is 46.4 Å². The summed E-state index contributed by atoms with van der Waals surface area (Å²) in [7, 11) is 0. The predicted octanol–water partition coefficient (Wildman–Crippen LogP) is 5.06. The number of carboxylic acids is 1. The highest BCUT2D eigenvalue weighted by molar-refractivity contribution is 6.42. The minimum atomic E-state index is -1.15. The van der Waals surface area contributed by atoms with Gasteiger partial charge in [0.15, 0.2) is 0 Å². The summed E-state index contributed by atoms with van der Waals surface area (Å²) in [6.45, 7) is 0. The third-order valence-corrected chi connectivity index (χ3v) is 3.40. The number of halogens is 4. The lowest BCUT2D eigenvalue weighted by Gasteiger charge is -2.10. The van der Waals surface area contributed by atoms with Gasteiger partial charge in [0, 0.05) is 22.3 Å². The summed E-state index contributed by atoms with van der Waals surface area (Å²) in [5.41, 5.74) is 0.601. The molecule has 1 heterocycles. The Kier molecular flexibility index (Phi) is 4.21. The molecular formula is C12H5Cl4NO2. The van der Waals surface area contributed by atoms with Crippen LogP contribution in [0.2, 0.25) is 20.2 Å². The predicted molar refractivity (Wildman–Crippen MR) is 76.7 cm³/mol. The number of aromatic nitrogens is 1. The summed E-state index contributed by atoms with van der Waals surface area (Å²) in [6, 6.07) is 4.19. The fourth-order valence-electron chi connectivity index (χ4n) is 1.61. The molecule has 1 aromatic heterocycles. The summed E-state index contributed by atoms with van der Waals surface area (Å²) in [6.07, 6.45) is 1.31. The van der Waals surface area contributed by atoms with Crippen molar-refractivity contribution in [1.29, 1.82) is 0 Å². The molecule has 19 heavy (non-hydrogen) atoms. The highest BCUT2D eigenvalue weighted by atomic mass is 35.5. The summed E-state index contributed by atoms with van der Waals surface area (Å²) < 4.78 is 0. The molecule has 98 valence electrons. The molecule has 0 spiro atoms. The third kappa shape index (κ3) is 2.95. The van der Waals surface area contributed by atoms with Gasteiger partial charge in [-0.25, -0.2) is 9.78 Å². The van der Waals surface area contributed by atoms with Crippen molar-refractivity contribution in [3.63, 3.8) is 0 Å². The van der Waals surface area contributed by atoms with Crippen molar-refractivity contribution >= 4 is 52.4 Å². The normalized spacial score (nSPS) is 10.5.